The SMILES string of the molecule is COCN1c2nc(cc(-c3c(C)cccc3C)n2)OC[C@@H](CC(C)(C)C)N(Cc2ncc(OC(C)C)cn2)Cc2cccc(c2)S1(=O)=O. The third-order valence-electron chi connectivity index (χ3n) is 7.96. The van der Waals surface area contributed by atoms with E-state index in [-0.39, 0.29) is 47.6 Å². The number of methoxy groups -OCH3 is 1. The van der Waals surface area contributed by atoms with Gasteiger partial charge in [-0.05, 0) is 68.4 Å². The summed E-state index contributed by atoms with van der Waals surface area (Å²) in [6.45, 7) is 15.3. The molecule has 0 spiro atoms. The third-order valence-corrected chi connectivity index (χ3v) is 9.65. The number of hydrogen-bond donors (Lipinski definition) is 0. The Kier molecular flexibility index (Phi) is 10.7. The number of anilines is 1. The van der Waals surface area contributed by atoms with E-state index in [0.717, 1.165) is 33.0 Å². The Hall–Kier alpha value is -4.13. The molecule has 4 aromatic rings. The molecule has 11 nitrogen and oxygen atoms in total. The molecule has 1 aliphatic rings. The van der Waals surface area contributed by atoms with Crippen LogP contribution in [-0.4, -0.2) is 65.8 Å². The van der Waals surface area contributed by atoms with Gasteiger partial charge in [0.15, 0.2) is 5.75 Å². The van der Waals surface area contributed by atoms with Crippen molar-refractivity contribution in [3.05, 3.63) is 83.4 Å². The summed E-state index contributed by atoms with van der Waals surface area (Å²) in [5.41, 5.74) is 4.21. The van der Waals surface area contributed by atoms with Gasteiger partial charge in [0.25, 0.3) is 10.0 Å². The molecule has 0 amide bonds. The van der Waals surface area contributed by atoms with Gasteiger partial charge in [-0.25, -0.2) is 27.7 Å². The van der Waals surface area contributed by atoms with Crippen LogP contribution in [0.25, 0.3) is 11.3 Å². The molecule has 5 rings (SSSR count). The van der Waals surface area contributed by atoms with Gasteiger partial charge in [-0.1, -0.05) is 51.1 Å². The number of sulfonamides is 1. The summed E-state index contributed by atoms with van der Waals surface area (Å²) in [4.78, 5) is 21.0. The fourth-order valence-electron chi connectivity index (χ4n) is 5.90. The second-order valence-electron chi connectivity index (χ2n) is 13.7. The molecule has 4 bridgehead atoms. The number of fused-ring (bicyclic) bond motifs is 4. The van der Waals surface area contributed by atoms with Crippen LogP contribution in [0.2, 0.25) is 0 Å². The van der Waals surface area contributed by atoms with Gasteiger partial charge in [0.05, 0.1) is 35.6 Å². The first-order valence-corrected chi connectivity index (χ1v) is 17.6. The Morgan fingerprint density at radius 1 is 1.00 bits per heavy atom. The number of aryl methyl sites for hydroxylation is 2. The number of ether oxygens (including phenoxy) is 3. The predicted octanol–water partition coefficient (Wildman–Crippen LogP) is 6.34. The molecular formula is C36H46N6O5S. The normalized spacial score (nSPS) is 16.9. The highest BCUT2D eigenvalue weighted by Gasteiger charge is 2.32. The fraction of sp³-hybridized carbons (Fsp3) is 0.444. The Balaban J connectivity index is 1.66. The molecule has 48 heavy (non-hydrogen) atoms. The van der Waals surface area contributed by atoms with E-state index in [9.17, 15) is 8.42 Å². The van der Waals surface area contributed by atoms with Crippen molar-refractivity contribution in [3.63, 3.8) is 0 Å². The second kappa shape index (κ2) is 14.6. The summed E-state index contributed by atoms with van der Waals surface area (Å²) in [5.74, 6) is 1.46. The van der Waals surface area contributed by atoms with Crippen LogP contribution in [0.5, 0.6) is 11.6 Å². The predicted molar refractivity (Wildman–Crippen MR) is 185 cm³/mol. The number of benzene rings is 2. The van der Waals surface area contributed by atoms with Crippen molar-refractivity contribution in [2.75, 3.05) is 24.8 Å². The quantitative estimate of drug-likeness (QED) is 0.210. The van der Waals surface area contributed by atoms with Gasteiger partial charge in [0.1, 0.15) is 19.2 Å². The fourth-order valence-corrected chi connectivity index (χ4v) is 7.24. The minimum atomic E-state index is -4.14. The van der Waals surface area contributed by atoms with E-state index in [0.29, 0.717) is 30.4 Å². The van der Waals surface area contributed by atoms with E-state index in [4.69, 9.17) is 19.2 Å². The van der Waals surface area contributed by atoms with Crippen LogP contribution in [-0.2, 0) is 27.8 Å². The zero-order valence-corrected chi connectivity index (χ0v) is 29.9. The maximum Gasteiger partial charge on any atom is 0.268 e. The lowest BCUT2D eigenvalue weighted by Gasteiger charge is -2.35. The molecule has 0 unspecified atom stereocenters. The highest BCUT2D eigenvalue weighted by molar-refractivity contribution is 7.92. The Morgan fingerprint density at radius 2 is 1.69 bits per heavy atom. The lowest BCUT2D eigenvalue weighted by atomic mass is 9.87. The summed E-state index contributed by atoms with van der Waals surface area (Å²) < 4.78 is 47.4. The molecule has 0 N–H and O–H groups in total. The van der Waals surface area contributed by atoms with E-state index >= 15 is 0 Å². The van der Waals surface area contributed by atoms with Crippen molar-refractivity contribution in [1.82, 2.24) is 24.8 Å². The van der Waals surface area contributed by atoms with Crippen LogP contribution in [0.3, 0.4) is 0 Å². The Labute approximate surface area is 284 Å². The smallest absolute Gasteiger partial charge is 0.268 e. The van der Waals surface area contributed by atoms with Crippen LogP contribution >= 0.6 is 0 Å². The summed E-state index contributed by atoms with van der Waals surface area (Å²) in [7, 11) is -2.70. The molecule has 0 saturated heterocycles. The highest BCUT2D eigenvalue weighted by Crippen LogP contribution is 2.33. The first kappa shape index (κ1) is 35.2. The van der Waals surface area contributed by atoms with Crippen molar-refractivity contribution >= 4 is 16.0 Å². The van der Waals surface area contributed by atoms with E-state index in [1.54, 1.807) is 36.7 Å². The van der Waals surface area contributed by atoms with Crippen molar-refractivity contribution < 1.29 is 22.6 Å². The first-order chi connectivity index (χ1) is 22.7. The van der Waals surface area contributed by atoms with Crippen molar-refractivity contribution in [1.29, 1.82) is 0 Å². The summed E-state index contributed by atoms with van der Waals surface area (Å²) in [6.07, 6.45) is 4.16. The van der Waals surface area contributed by atoms with Gasteiger partial charge in [-0.2, -0.15) is 4.98 Å². The number of rotatable bonds is 8. The summed E-state index contributed by atoms with van der Waals surface area (Å²) in [5, 5.41) is 0. The molecule has 0 saturated carbocycles. The molecule has 2 aromatic heterocycles. The van der Waals surface area contributed by atoms with Gasteiger partial charge in [0.2, 0.25) is 11.8 Å². The molecule has 3 heterocycles. The molecule has 0 aliphatic carbocycles. The first-order valence-electron chi connectivity index (χ1n) is 16.1. The molecule has 0 fully saturated rings. The monoisotopic (exact) mass is 674 g/mol. The molecular weight excluding hydrogens is 629 g/mol. The molecule has 256 valence electrons. The molecule has 2 aromatic carbocycles. The lowest BCUT2D eigenvalue weighted by molar-refractivity contribution is 0.0833. The third kappa shape index (κ3) is 8.47. The highest BCUT2D eigenvalue weighted by atomic mass is 32.2. The largest absolute Gasteiger partial charge is 0.488 e. The van der Waals surface area contributed by atoms with E-state index in [1.807, 2.05) is 52.0 Å². The molecule has 0 radical (unpaired) electrons. The van der Waals surface area contributed by atoms with Crippen LogP contribution in [0, 0.1) is 19.3 Å². The van der Waals surface area contributed by atoms with Crippen LogP contribution in [0.4, 0.5) is 5.95 Å². The van der Waals surface area contributed by atoms with Crippen molar-refractivity contribution in [3.8, 4) is 22.9 Å². The molecule has 1 aliphatic heterocycles. The van der Waals surface area contributed by atoms with Crippen LogP contribution in [0.1, 0.15) is 63.6 Å². The molecule has 1 atom stereocenters. The van der Waals surface area contributed by atoms with E-state index in [1.165, 1.54) is 7.11 Å². The summed E-state index contributed by atoms with van der Waals surface area (Å²) >= 11 is 0. The van der Waals surface area contributed by atoms with Gasteiger partial charge < -0.3 is 14.2 Å². The Morgan fingerprint density at radius 3 is 2.33 bits per heavy atom. The molecule has 12 heteroatoms. The number of hydrogen-bond acceptors (Lipinski definition) is 10. The van der Waals surface area contributed by atoms with Crippen LogP contribution in [0.15, 0.2) is 65.8 Å². The zero-order chi connectivity index (χ0) is 34.6. The van der Waals surface area contributed by atoms with Gasteiger partial charge >= 0.3 is 0 Å². The van der Waals surface area contributed by atoms with E-state index < -0.39 is 10.0 Å². The topological polar surface area (TPSA) is 120 Å². The van der Waals surface area contributed by atoms with Crippen molar-refractivity contribution in [2.45, 2.75) is 85.0 Å². The summed E-state index contributed by atoms with van der Waals surface area (Å²) in [6, 6.07) is 14.6. The average molecular weight is 675 g/mol. The van der Waals surface area contributed by atoms with E-state index in [2.05, 4.69) is 40.6 Å². The average Bonchev–Trinajstić information content (AvgIpc) is 3.01. The lowest BCUT2D eigenvalue weighted by Crippen LogP contribution is -2.41. The number of aromatic nitrogens is 4. The van der Waals surface area contributed by atoms with Gasteiger partial charge in [-0.3, -0.25) is 4.90 Å². The zero-order valence-electron chi connectivity index (χ0n) is 29.1. The maximum absolute atomic E-state index is 14.3. The Bertz CT molecular complexity index is 1810. The minimum absolute atomic E-state index is 0.00724. The van der Waals surface area contributed by atoms with Gasteiger partial charge in [0, 0.05) is 31.3 Å². The van der Waals surface area contributed by atoms with Gasteiger partial charge in [-0.15, -0.1) is 0 Å². The maximum atomic E-state index is 14.3. The minimum Gasteiger partial charge on any atom is -0.488 e. The van der Waals surface area contributed by atoms with Crippen LogP contribution < -0.4 is 13.8 Å². The van der Waals surface area contributed by atoms with Crippen molar-refractivity contribution in [2.24, 2.45) is 5.41 Å². The number of nitrogens with zero attached hydrogens (tertiary/aromatic N) is 6. The second-order valence-corrected chi connectivity index (χ2v) is 15.6. The standard InChI is InChI=1S/C36H46N6O5S/c1-24(2)47-29-18-37-32(38-19-29)21-41-20-27-13-10-14-30(15-27)48(43,44)42(23-45-8)35-39-31(34-25(3)11-9-12-26(34)4)16-33(40-35)46-22-28(41)17-36(5,6)7/h9-16,18-19,24,28H,17,20-23H2,1-8H3/t28-/m1/s1.